The molecule has 78 valence electrons. The number of methoxy groups -OCH3 is 2. The van der Waals surface area contributed by atoms with Crippen LogP contribution in [0.2, 0.25) is 0 Å². The van der Waals surface area contributed by atoms with Crippen LogP contribution in [-0.2, 0) is 9.47 Å². The summed E-state index contributed by atoms with van der Waals surface area (Å²) >= 11 is 0. The molecule has 0 radical (unpaired) electrons. The van der Waals surface area contributed by atoms with Crippen molar-refractivity contribution in [2.24, 2.45) is 5.92 Å². The van der Waals surface area contributed by atoms with Crippen LogP contribution in [0.15, 0.2) is 0 Å². The van der Waals surface area contributed by atoms with Crippen LogP contribution < -0.4 is 0 Å². The standard InChI is InChI=1S/C9H16F2O2/c1-12-7-4-3-6(9(10)11)5-8(7)13-2/h6-9H,3-5H2,1-2H3. The number of halogens is 2. The van der Waals surface area contributed by atoms with E-state index in [4.69, 9.17) is 9.47 Å². The normalized spacial score (nSPS) is 35.3. The Morgan fingerprint density at radius 1 is 1.08 bits per heavy atom. The molecule has 3 unspecified atom stereocenters. The second-order valence-electron chi connectivity index (χ2n) is 3.46. The van der Waals surface area contributed by atoms with Gasteiger partial charge in [-0.25, -0.2) is 8.78 Å². The zero-order valence-corrected chi connectivity index (χ0v) is 8.00. The first-order valence-corrected chi connectivity index (χ1v) is 4.52. The molecule has 3 atom stereocenters. The van der Waals surface area contributed by atoms with Gasteiger partial charge in [0.15, 0.2) is 0 Å². The van der Waals surface area contributed by atoms with Gasteiger partial charge in [-0.15, -0.1) is 0 Å². The molecule has 4 heteroatoms. The summed E-state index contributed by atoms with van der Waals surface area (Å²) < 4.78 is 35.0. The van der Waals surface area contributed by atoms with Gasteiger partial charge >= 0.3 is 0 Å². The highest BCUT2D eigenvalue weighted by atomic mass is 19.3. The summed E-state index contributed by atoms with van der Waals surface area (Å²) in [6.45, 7) is 0. The summed E-state index contributed by atoms with van der Waals surface area (Å²) in [7, 11) is 3.14. The van der Waals surface area contributed by atoms with E-state index >= 15 is 0 Å². The van der Waals surface area contributed by atoms with Gasteiger partial charge in [-0.1, -0.05) is 0 Å². The van der Waals surface area contributed by atoms with Gasteiger partial charge in [0.1, 0.15) is 0 Å². The van der Waals surface area contributed by atoms with Gasteiger partial charge in [-0.3, -0.25) is 0 Å². The van der Waals surface area contributed by atoms with Crippen molar-refractivity contribution in [3.05, 3.63) is 0 Å². The van der Waals surface area contributed by atoms with Crippen LogP contribution in [0, 0.1) is 5.92 Å². The Balaban J connectivity index is 2.47. The molecule has 0 saturated heterocycles. The van der Waals surface area contributed by atoms with Crippen molar-refractivity contribution in [3.63, 3.8) is 0 Å². The van der Waals surface area contributed by atoms with E-state index in [1.54, 1.807) is 14.2 Å². The van der Waals surface area contributed by atoms with Gasteiger partial charge in [-0.2, -0.15) is 0 Å². The molecule has 1 aliphatic carbocycles. The maximum absolute atomic E-state index is 12.4. The lowest BCUT2D eigenvalue weighted by Gasteiger charge is -2.33. The first-order valence-electron chi connectivity index (χ1n) is 4.52. The zero-order valence-electron chi connectivity index (χ0n) is 8.00. The maximum atomic E-state index is 12.4. The highest BCUT2D eigenvalue weighted by molar-refractivity contribution is 4.82. The van der Waals surface area contributed by atoms with Crippen LogP contribution in [0.4, 0.5) is 8.78 Å². The van der Waals surface area contributed by atoms with Gasteiger partial charge in [-0.05, 0) is 19.3 Å². The third-order valence-corrected chi connectivity index (χ3v) is 2.73. The largest absolute Gasteiger partial charge is 0.379 e. The third-order valence-electron chi connectivity index (χ3n) is 2.73. The van der Waals surface area contributed by atoms with Crippen molar-refractivity contribution in [1.29, 1.82) is 0 Å². The Morgan fingerprint density at radius 2 is 1.69 bits per heavy atom. The molecule has 0 aromatic heterocycles. The minimum Gasteiger partial charge on any atom is -0.379 e. The summed E-state index contributed by atoms with van der Waals surface area (Å²) in [5.74, 6) is -0.517. The van der Waals surface area contributed by atoms with Crippen LogP contribution in [0.5, 0.6) is 0 Å². The van der Waals surface area contributed by atoms with E-state index in [0.717, 1.165) is 0 Å². The first kappa shape index (κ1) is 10.9. The molecule has 0 spiro atoms. The predicted octanol–water partition coefficient (Wildman–Crippen LogP) is 2.08. The molecule has 0 heterocycles. The van der Waals surface area contributed by atoms with E-state index in [1.165, 1.54) is 0 Å². The summed E-state index contributed by atoms with van der Waals surface area (Å²) in [4.78, 5) is 0. The zero-order chi connectivity index (χ0) is 9.84. The molecule has 0 aromatic carbocycles. The second-order valence-corrected chi connectivity index (χ2v) is 3.46. The number of hydrogen-bond acceptors (Lipinski definition) is 2. The van der Waals surface area contributed by atoms with Crippen LogP contribution in [0.25, 0.3) is 0 Å². The Kier molecular flexibility index (Phi) is 4.06. The predicted molar refractivity (Wildman–Crippen MR) is 44.9 cm³/mol. The van der Waals surface area contributed by atoms with Gasteiger partial charge in [0, 0.05) is 20.1 Å². The first-order chi connectivity index (χ1) is 6.19. The molecule has 13 heavy (non-hydrogen) atoms. The molecule has 0 aromatic rings. The smallest absolute Gasteiger partial charge is 0.241 e. The molecule has 0 N–H and O–H groups in total. The lowest BCUT2D eigenvalue weighted by Crippen LogP contribution is -2.38. The minimum absolute atomic E-state index is 0.0139. The Hall–Kier alpha value is -0.220. The van der Waals surface area contributed by atoms with E-state index in [9.17, 15) is 8.78 Å². The summed E-state index contributed by atoms with van der Waals surface area (Å²) in [6, 6.07) is 0. The van der Waals surface area contributed by atoms with Crippen molar-refractivity contribution >= 4 is 0 Å². The van der Waals surface area contributed by atoms with Gasteiger partial charge in [0.25, 0.3) is 0 Å². The van der Waals surface area contributed by atoms with Crippen molar-refractivity contribution in [1.82, 2.24) is 0 Å². The van der Waals surface area contributed by atoms with E-state index < -0.39 is 12.3 Å². The van der Waals surface area contributed by atoms with Crippen LogP contribution in [0.3, 0.4) is 0 Å². The van der Waals surface area contributed by atoms with Gasteiger partial charge < -0.3 is 9.47 Å². The Labute approximate surface area is 77.2 Å². The molecule has 1 aliphatic rings. The fourth-order valence-electron chi connectivity index (χ4n) is 1.88. The fourth-order valence-corrected chi connectivity index (χ4v) is 1.88. The SMILES string of the molecule is COC1CCC(C(F)F)CC1OC. The lowest BCUT2D eigenvalue weighted by molar-refractivity contribution is -0.0905. The molecule has 1 fully saturated rings. The average Bonchev–Trinajstić information content (AvgIpc) is 2.16. The Bertz CT molecular complexity index is 153. The number of ether oxygens (including phenoxy) is 2. The lowest BCUT2D eigenvalue weighted by atomic mass is 9.85. The average molecular weight is 194 g/mol. The molecule has 1 saturated carbocycles. The highest BCUT2D eigenvalue weighted by Crippen LogP contribution is 2.31. The molecule has 1 rings (SSSR count). The van der Waals surface area contributed by atoms with E-state index in [1.807, 2.05) is 0 Å². The van der Waals surface area contributed by atoms with Crippen LogP contribution >= 0.6 is 0 Å². The molecule has 2 nitrogen and oxygen atoms in total. The van der Waals surface area contributed by atoms with Crippen LogP contribution in [0.1, 0.15) is 19.3 Å². The second kappa shape index (κ2) is 4.86. The van der Waals surface area contributed by atoms with E-state index in [-0.39, 0.29) is 12.2 Å². The summed E-state index contributed by atoms with van der Waals surface area (Å²) in [5.41, 5.74) is 0. The molecule has 0 bridgehead atoms. The topological polar surface area (TPSA) is 18.5 Å². The molecular weight excluding hydrogens is 178 g/mol. The van der Waals surface area contributed by atoms with Crippen molar-refractivity contribution in [2.45, 2.75) is 37.9 Å². The van der Waals surface area contributed by atoms with Crippen molar-refractivity contribution < 1.29 is 18.3 Å². The number of hydrogen-bond donors (Lipinski definition) is 0. The van der Waals surface area contributed by atoms with E-state index in [0.29, 0.717) is 19.3 Å². The number of rotatable bonds is 3. The molecular formula is C9H16F2O2. The molecule has 0 amide bonds. The molecule has 0 aliphatic heterocycles. The summed E-state index contributed by atoms with van der Waals surface area (Å²) in [5, 5.41) is 0. The summed E-state index contributed by atoms with van der Waals surface area (Å²) in [6.07, 6.45) is -0.791. The minimum atomic E-state index is -2.23. The van der Waals surface area contributed by atoms with Gasteiger partial charge in [0.2, 0.25) is 6.43 Å². The van der Waals surface area contributed by atoms with Gasteiger partial charge in [0.05, 0.1) is 12.2 Å². The van der Waals surface area contributed by atoms with Crippen molar-refractivity contribution in [2.75, 3.05) is 14.2 Å². The number of alkyl halides is 2. The quantitative estimate of drug-likeness (QED) is 0.684. The Morgan fingerprint density at radius 3 is 2.15 bits per heavy atom. The fraction of sp³-hybridized carbons (Fsp3) is 1.00. The maximum Gasteiger partial charge on any atom is 0.241 e. The third kappa shape index (κ3) is 2.61. The van der Waals surface area contributed by atoms with Crippen molar-refractivity contribution in [3.8, 4) is 0 Å². The van der Waals surface area contributed by atoms with Crippen LogP contribution in [-0.4, -0.2) is 32.9 Å². The van der Waals surface area contributed by atoms with E-state index in [2.05, 4.69) is 0 Å². The highest BCUT2D eigenvalue weighted by Gasteiger charge is 2.34. The monoisotopic (exact) mass is 194 g/mol.